The van der Waals surface area contributed by atoms with Gasteiger partial charge in [-0.15, -0.1) is 0 Å². The minimum atomic E-state index is -0.379. The maximum Gasteiger partial charge on any atom is 0.193 e. The molecule has 2 saturated heterocycles. The second-order valence-electron chi connectivity index (χ2n) is 5.33. The molecule has 108 valence electrons. The Morgan fingerprint density at radius 1 is 1.50 bits per heavy atom. The predicted molar refractivity (Wildman–Crippen MR) is 76.7 cm³/mol. The highest BCUT2D eigenvalue weighted by Crippen LogP contribution is 2.28. The van der Waals surface area contributed by atoms with Crippen LogP contribution in [-0.2, 0) is 4.74 Å². The van der Waals surface area contributed by atoms with E-state index in [2.05, 4.69) is 4.90 Å². The van der Waals surface area contributed by atoms with Crippen LogP contribution in [0.2, 0.25) is 5.02 Å². The molecule has 20 heavy (non-hydrogen) atoms. The van der Waals surface area contributed by atoms with Crippen LogP contribution < -0.4 is 4.74 Å². The minimum Gasteiger partial charge on any atom is -0.495 e. The first-order chi connectivity index (χ1) is 9.69. The van der Waals surface area contributed by atoms with Gasteiger partial charge in [0, 0.05) is 18.2 Å². The van der Waals surface area contributed by atoms with Gasteiger partial charge in [-0.25, -0.2) is 0 Å². The van der Waals surface area contributed by atoms with E-state index in [1.165, 1.54) is 12.8 Å². The second kappa shape index (κ2) is 5.72. The van der Waals surface area contributed by atoms with Crippen LogP contribution in [0.25, 0.3) is 0 Å². The molecule has 2 heterocycles. The van der Waals surface area contributed by atoms with E-state index >= 15 is 0 Å². The first kappa shape index (κ1) is 13.9. The van der Waals surface area contributed by atoms with Crippen molar-refractivity contribution in [1.29, 1.82) is 0 Å². The van der Waals surface area contributed by atoms with Crippen LogP contribution in [0.4, 0.5) is 0 Å². The maximum atomic E-state index is 12.5. The van der Waals surface area contributed by atoms with Gasteiger partial charge >= 0.3 is 0 Å². The number of Topliss-reactive ketones (excluding diaryl/α,β-unsaturated/α-hetero) is 1. The summed E-state index contributed by atoms with van der Waals surface area (Å²) in [6.45, 7) is 2.41. The van der Waals surface area contributed by atoms with Crippen LogP contribution in [-0.4, -0.2) is 49.6 Å². The Bertz CT molecular complexity index is 520. The van der Waals surface area contributed by atoms with E-state index in [4.69, 9.17) is 21.1 Å². The Hall–Kier alpha value is -1.10. The summed E-state index contributed by atoms with van der Waals surface area (Å²) in [6.07, 6.45) is 1.99. The molecular formula is C15H18ClNO3. The number of ketones is 1. The van der Waals surface area contributed by atoms with Gasteiger partial charge < -0.3 is 9.47 Å². The largest absolute Gasteiger partial charge is 0.495 e. The van der Waals surface area contributed by atoms with Crippen molar-refractivity contribution in [1.82, 2.24) is 4.90 Å². The fraction of sp³-hybridized carbons (Fsp3) is 0.533. The topological polar surface area (TPSA) is 38.8 Å². The van der Waals surface area contributed by atoms with E-state index in [1.54, 1.807) is 25.3 Å². The van der Waals surface area contributed by atoms with Gasteiger partial charge in [-0.05, 0) is 37.6 Å². The molecule has 4 nitrogen and oxygen atoms in total. The summed E-state index contributed by atoms with van der Waals surface area (Å²) in [6, 6.07) is 5.60. The number of rotatable bonds is 3. The first-order valence-electron chi connectivity index (χ1n) is 6.92. The van der Waals surface area contributed by atoms with Gasteiger partial charge in [-0.3, -0.25) is 9.69 Å². The zero-order valence-corrected chi connectivity index (χ0v) is 12.2. The van der Waals surface area contributed by atoms with Crippen LogP contribution in [0, 0.1) is 0 Å². The molecule has 2 unspecified atom stereocenters. The van der Waals surface area contributed by atoms with Crippen molar-refractivity contribution in [2.75, 3.05) is 26.8 Å². The number of ether oxygens (including phenoxy) is 2. The van der Waals surface area contributed by atoms with Crippen LogP contribution in [0.5, 0.6) is 5.75 Å². The molecule has 1 aromatic carbocycles. The number of methoxy groups -OCH3 is 1. The second-order valence-corrected chi connectivity index (χ2v) is 5.73. The van der Waals surface area contributed by atoms with Crippen molar-refractivity contribution in [2.45, 2.75) is 25.0 Å². The van der Waals surface area contributed by atoms with Gasteiger partial charge in [0.2, 0.25) is 0 Å². The summed E-state index contributed by atoms with van der Waals surface area (Å²) < 4.78 is 10.9. The van der Waals surface area contributed by atoms with Crippen molar-refractivity contribution in [3.05, 3.63) is 28.8 Å². The normalized spacial score (nSPS) is 26.3. The van der Waals surface area contributed by atoms with E-state index < -0.39 is 0 Å². The van der Waals surface area contributed by atoms with Crippen molar-refractivity contribution in [2.24, 2.45) is 0 Å². The molecule has 0 bridgehead atoms. The summed E-state index contributed by atoms with van der Waals surface area (Å²) in [5, 5.41) is 0.508. The predicted octanol–water partition coefficient (Wildman–Crippen LogP) is 2.39. The van der Waals surface area contributed by atoms with Crippen molar-refractivity contribution >= 4 is 17.4 Å². The molecule has 1 aromatic rings. The molecule has 3 rings (SSSR count). The number of halogens is 1. The zero-order valence-electron chi connectivity index (χ0n) is 11.5. The quantitative estimate of drug-likeness (QED) is 0.803. The molecule has 2 fully saturated rings. The number of carbonyl (C=O) groups excluding carboxylic acids is 1. The van der Waals surface area contributed by atoms with Gasteiger partial charge in [0.05, 0.1) is 18.7 Å². The highest BCUT2D eigenvalue weighted by molar-refractivity contribution is 6.32. The molecule has 2 aliphatic heterocycles. The summed E-state index contributed by atoms with van der Waals surface area (Å²) in [4.78, 5) is 14.9. The van der Waals surface area contributed by atoms with Gasteiger partial charge in [-0.1, -0.05) is 11.6 Å². The zero-order chi connectivity index (χ0) is 14.1. The van der Waals surface area contributed by atoms with E-state index in [0.717, 1.165) is 6.54 Å². The molecule has 2 aliphatic rings. The molecule has 5 heteroatoms. The van der Waals surface area contributed by atoms with E-state index in [1.807, 2.05) is 0 Å². The third-order valence-electron chi connectivity index (χ3n) is 4.12. The number of fused-ring (bicyclic) bond motifs is 1. The number of carbonyl (C=O) groups is 1. The molecule has 0 aliphatic carbocycles. The lowest BCUT2D eigenvalue weighted by Crippen LogP contribution is -2.49. The number of hydrogen-bond acceptors (Lipinski definition) is 4. The maximum absolute atomic E-state index is 12.5. The Kier molecular flexibility index (Phi) is 3.96. The average Bonchev–Trinajstić information content (AvgIpc) is 2.94. The smallest absolute Gasteiger partial charge is 0.193 e. The monoisotopic (exact) mass is 295 g/mol. The lowest BCUT2D eigenvalue weighted by Gasteiger charge is -2.34. The number of benzene rings is 1. The van der Waals surface area contributed by atoms with Crippen LogP contribution in [0.3, 0.4) is 0 Å². The Labute approximate surface area is 123 Å². The SMILES string of the molecule is COc1cc(C(=O)C2CN3CCCC3CO2)ccc1Cl. The number of hydrogen-bond donors (Lipinski definition) is 0. The van der Waals surface area contributed by atoms with Gasteiger partial charge in [0.15, 0.2) is 5.78 Å². The fourth-order valence-corrected chi connectivity index (χ4v) is 3.17. The average molecular weight is 296 g/mol. The van der Waals surface area contributed by atoms with Crippen LogP contribution in [0.15, 0.2) is 18.2 Å². The fourth-order valence-electron chi connectivity index (χ4n) is 2.97. The van der Waals surface area contributed by atoms with E-state index in [9.17, 15) is 4.79 Å². The third kappa shape index (κ3) is 2.55. The first-order valence-corrected chi connectivity index (χ1v) is 7.30. The molecule has 0 spiro atoms. The Morgan fingerprint density at radius 2 is 2.35 bits per heavy atom. The van der Waals surface area contributed by atoms with E-state index in [-0.39, 0.29) is 11.9 Å². The molecule has 2 atom stereocenters. The summed E-state index contributed by atoms with van der Waals surface area (Å²) in [5.41, 5.74) is 0.592. The lowest BCUT2D eigenvalue weighted by atomic mass is 10.0. The van der Waals surface area contributed by atoms with Gasteiger partial charge in [0.25, 0.3) is 0 Å². The lowest BCUT2D eigenvalue weighted by molar-refractivity contribution is -0.0344. The van der Waals surface area contributed by atoms with E-state index in [0.29, 0.717) is 35.5 Å². The van der Waals surface area contributed by atoms with Gasteiger partial charge in [-0.2, -0.15) is 0 Å². The van der Waals surface area contributed by atoms with Crippen molar-refractivity contribution < 1.29 is 14.3 Å². The Morgan fingerprint density at radius 3 is 3.15 bits per heavy atom. The standard InChI is InChI=1S/C15H18ClNO3/c1-19-13-7-10(4-5-12(13)16)15(18)14-8-17-6-2-3-11(17)9-20-14/h4-5,7,11,14H,2-3,6,8-9H2,1H3. The van der Waals surface area contributed by atoms with Crippen LogP contribution in [0.1, 0.15) is 23.2 Å². The molecular weight excluding hydrogens is 278 g/mol. The molecule has 0 aromatic heterocycles. The molecule has 0 radical (unpaired) electrons. The van der Waals surface area contributed by atoms with Gasteiger partial charge in [0.1, 0.15) is 11.9 Å². The number of morpholine rings is 1. The summed E-state index contributed by atoms with van der Waals surface area (Å²) >= 11 is 5.98. The number of nitrogens with zero attached hydrogens (tertiary/aromatic N) is 1. The minimum absolute atomic E-state index is 0.00492. The molecule has 0 saturated carbocycles. The molecule has 0 N–H and O–H groups in total. The summed E-state index contributed by atoms with van der Waals surface area (Å²) in [5.74, 6) is 0.526. The van der Waals surface area contributed by atoms with Crippen molar-refractivity contribution in [3.63, 3.8) is 0 Å². The van der Waals surface area contributed by atoms with Crippen molar-refractivity contribution in [3.8, 4) is 5.75 Å². The highest BCUT2D eigenvalue weighted by atomic mass is 35.5. The van der Waals surface area contributed by atoms with Crippen LogP contribution >= 0.6 is 11.6 Å². The summed E-state index contributed by atoms with van der Waals surface area (Å²) in [7, 11) is 1.54. The molecule has 0 amide bonds. The third-order valence-corrected chi connectivity index (χ3v) is 4.43. The Balaban J connectivity index is 1.75. The highest BCUT2D eigenvalue weighted by Gasteiger charge is 2.35.